The average molecular weight is 490 g/mol. The van der Waals surface area contributed by atoms with Gasteiger partial charge in [0.25, 0.3) is 0 Å². The first-order valence-electron chi connectivity index (χ1n) is 13.5. The van der Waals surface area contributed by atoms with E-state index in [9.17, 15) is 0 Å². The van der Waals surface area contributed by atoms with Crippen LogP contribution in [0.25, 0.3) is 33.0 Å². The first-order chi connectivity index (χ1) is 18.6. The predicted molar refractivity (Wildman–Crippen MR) is 162 cm³/mol. The minimum Gasteiger partial charge on any atom is -0.355 e. The largest absolute Gasteiger partial charge is 0.355 e. The molecule has 0 amide bonds. The number of fused-ring (bicyclic) bond motifs is 4. The Balaban J connectivity index is 1.31. The highest BCUT2D eigenvalue weighted by molar-refractivity contribution is 6.03. The zero-order chi connectivity index (χ0) is 25.7. The summed E-state index contributed by atoms with van der Waals surface area (Å²) in [5, 5.41) is 6.33. The molecule has 0 aliphatic heterocycles. The van der Waals surface area contributed by atoms with Crippen molar-refractivity contribution in [1.82, 2.24) is 0 Å². The van der Waals surface area contributed by atoms with Gasteiger partial charge in [-0.3, -0.25) is 0 Å². The van der Waals surface area contributed by atoms with E-state index in [1.54, 1.807) is 0 Å². The van der Waals surface area contributed by atoms with Gasteiger partial charge >= 0.3 is 0 Å². The molecule has 184 valence electrons. The molecule has 0 heterocycles. The van der Waals surface area contributed by atoms with Crippen LogP contribution in [0.2, 0.25) is 0 Å². The van der Waals surface area contributed by atoms with Crippen molar-refractivity contribution in [1.29, 1.82) is 0 Å². The Kier molecular flexibility index (Phi) is 5.33. The van der Waals surface area contributed by atoms with Gasteiger partial charge in [0.2, 0.25) is 0 Å². The van der Waals surface area contributed by atoms with Crippen molar-refractivity contribution < 1.29 is 0 Å². The molecule has 0 fully saturated rings. The number of anilines is 2. The van der Waals surface area contributed by atoms with Crippen molar-refractivity contribution >= 4 is 22.1 Å². The molecular formula is C37H31N. The third-order valence-corrected chi connectivity index (χ3v) is 8.56. The van der Waals surface area contributed by atoms with E-state index in [1.165, 1.54) is 44.2 Å². The van der Waals surface area contributed by atoms with Gasteiger partial charge in [-0.25, -0.2) is 0 Å². The topological polar surface area (TPSA) is 12.0 Å². The zero-order valence-corrected chi connectivity index (χ0v) is 21.9. The minimum atomic E-state index is 0.133. The molecule has 2 aliphatic rings. The van der Waals surface area contributed by atoms with Crippen molar-refractivity contribution in [2.45, 2.75) is 25.2 Å². The van der Waals surface area contributed by atoms with Gasteiger partial charge in [-0.2, -0.15) is 0 Å². The second-order valence-corrected chi connectivity index (χ2v) is 11.1. The van der Waals surface area contributed by atoms with E-state index in [-0.39, 0.29) is 5.41 Å². The Morgan fingerprint density at radius 2 is 1.34 bits per heavy atom. The lowest BCUT2D eigenvalue weighted by Gasteiger charge is -2.29. The van der Waals surface area contributed by atoms with Gasteiger partial charge in [0.1, 0.15) is 0 Å². The van der Waals surface area contributed by atoms with Crippen LogP contribution in [0.4, 0.5) is 11.4 Å². The van der Waals surface area contributed by atoms with Crippen molar-refractivity contribution in [2.24, 2.45) is 5.92 Å². The SMILES string of the molecule is CC1(C)c2ccc(Nc3ccc4ccccc4c3-c3ccc(-c4ccccc4)cc3)cc2C2C=CC=CC21. The van der Waals surface area contributed by atoms with E-state index in [4.69, 9.17) is 0 Å². The van der Waals surface area contributed by atoms with Crippen molar-refractivity contribution in [2.75, 3.05) is 5.32 Å². The van der Waals surface area contributed by atoms with E-state index in [2.05, 4.69) is 153 Å². The molecule has 0 saturated heterocycles. The normalized spacial score (nSPS) is 18.8. The number of allylic oxidation sites excluding steroid dienone is 4. The fourth-order valence-corrected chi connectivity index (χ4v) is 6.58. The van der Waals surface area contributed by atoms with Gasteiger partial charge in [-0.1, -0.05) is 129 Å². The Morgan fingerprint density at radius 3 is 2.18 bits per heavy atom. The molecule has 38 heavy (non-hydrogen) atoms. The molecule has 0 saturated carbocycles. The molecule has 1 heteroatoms. The van der Waals surface area contributed by atoms with Crippen molar-refractivity contribution in [3.8, 4) is 22.3 Å². The second kappa shape index (κ2) is 8.89. The predicted octanol–water partition coefficient (Wildman–Crippen LogP) is 10.0. The van der Waals surface area contributed by atoms with Crippen LogP contribution < -0.4 is 5.32 Å². The number of hydrogen-bond donors (Lipinski definition) is 1. The van der Waals surface area contributed by atoms with E-state index in [0.717, 1.165) is 11.4 Å². The number of nitrogens with one attached hydrogen (secondary N) is 1. The Hall–Kier alpha value is -4.36. The van der Waals surface area contributed by atoms with E-state index < -0.39 is 0 Å². The minimum absolute atomic E-state index is 0.133. The molecule has 0 aromatic heterocycles. The van der Waals surface area contributed by atoms with Crippen LogP contribution >= 0.6 is 0 Å². The third-order valence-electron chi connectivity index (χ3n) is 8.56. The molecule has 5 aromatic carbocycles. The van der Waals surface area contributed by atoms with E-state index in [0.29, 0.717) is 11.8 Å². The van der Waals surface area contributed by atoms with Crippen molar-refractivity contribution in [3.63, 3.8) is 0 Å². The van der Waals surface area contributed by atoms with Crippen LogP contribution in [0, 0.1) is 5.92 Å². The smallest absolute Gasteiger partial charge is 0.0470 e. The maximum Gasteiger partial charge on any atom is 0.0470 e. The van der Waals surface area contributed by atoms with Gasteiger partial charge in [0, 0.05) is 22.9 Å². The monoisotopic (exact) mass is 489 g/mol. The molecule has 2 aliphatic carbocycles. The van der Waals surface area contributed by atoms with Crippen LogP contribution in [0.1, 0.15) is 30.9 Å². The van der Waals surface area contributed by atoms with Crippen molar-refractivity contribution in [3.05, 3.63) is 145 Å². The summed E-state index contributed by atoms with van der Waals surface area (Å²) in [7, 11) is 0. The van der Waals surface area contributed by atoms with Gasteiger partial charge in [0.15, 0.2) is 0 Å². The summed E-state index contributed by atoms with van der Waals surface area (Å²) in [6.45, 7) is 4.77. The average Bonchev–Trinajstić information content (AvgIpc) is 3.20. The maximum absolute atomic E-state index is 3.82. The van der Waals surface area contributed by atoms with E-state index >= 15 is 0 Å². The highest BCUT2D eigenvalue weighted by atomic mass is 14.9. The molecule has 1 N–H and O–H groups in total. The second-order valence-electron chi connectivity index (χ2n) is 11.1. The standard InChI is InChI=1S/C37H31N/c1-37(2)33-15-9-8-14-31(33)32-24-29(21-22-34(32)37)38-35-23-20-27-12-6-7-13-30(27)36(35)28-18-16-26(17-19-28)25-10-4-3-5-11-25/h3-24,31,33,38H,1-2H3. The van der Waals surface area contributed by atoms with Gasteiger partial charge in [0.05, 0.1) is 0 Å². The van der Waals surface area contributed by atoms with Crippen LogP contribution in [0.15, 0.2) is 133 Å². The lowest BCUT2D eigenvalue weighted by molar-refractivity contribution is 0.394. The molecule has 2 unspecified atom stereocenters. The molecule has 0 spiro atoms. The lowest BCUT2D eigenvalue weighted by Crippen LogP contribution is -2.24. The lowest BCUT2D eigenvalue weighted by atomic mass is 9.74. The van der Waals surface area contributed by atoms with Crippen LogP contribution in [0.3, 0.4) is 0 Å². The molecular weight excluding hydrogens is 458 g/mol. The summed E-state index contributed by atoms with van der Waals surface area (Å²) >= 11 is 0. The molecule has 2 atom stereocenters. The number of rotatable bonds is 4. The molecule has 1 nitrogen and oxygen atoms in total. The summed E-state index contributed by atoms with van der Waals surface area (Å²) in [5.41, 5.74) is 10.2. The first-order valence-corrected chi connectivity index (χ1v) is 13.5. The summed E-state index contributed by atoms with van der Waals surface area (Å²) in [6, 6.07) is 39.6. The van der Waals surface area contributed by atoms with Crippen LogP contribution in [-0.2, 0) is 5.41 Å². The highest BCUT2D eigenvalue weighted by Crippen LogP contribution is 2.53. The Bertz CT molecular complexity index is 1700. The third kappa shape index (κ3) is 3.70. The quantitative estimate of drug-likeness (QED) is 0.265. The van der Waals surface area contributed by atoms with Crippen LogP contribution in [-0.4, -0.2) is 0 Å². The summed E-state index contributed by atoms with van der Waals surface area (Å²) in [6.07, 6.45) is 9.17. The van der Waals surface area contributed by atoms with Gasteiger partial charge in [-0.05, 0) is 68.1 Å². The number of benzene rings is 5. The molecule has 7 rings (SSSR count). The highest BCUT2D eigenvalue weighted by Gasteiger charge is 2.44. The summed E-state index contributed by atoms with van der Waals surface area (Å²) < 4.78 is 0. The Labute approximate surface area is 225 Å². The van der Waals surface area contributed by atoms with E-state index in [1.807, 2.05) is 0 Å². The summed E-state index contributed by atoms with van der Waals surface area (Å²) in [4.78, 5) is 0. The van der Waals surface area contributed by atoms with Gasteiger partial charge < -0.3 is 5.32 Å². The fourth-order valence-electron chi connectivity index (χ4n) is 6.58. The van der Waals surface area contributed by atoms with Gasteiger partial charge in [-0.15, -0.1) is 0 Å². The fraction of sp³-hybridized carbons (Fsp3) is 0.135. The maximum atomic E-state index is 3.82. The molecule has 0 bridgehead atoms. The zero-order valence-electron chi connectivity index (χ0n) is 21.9. The van der Waals surface area contributed by atoms with Crippen LogP contribution in [0.5, 0.6) is 0 Å². The summed E-state index contributed by atoms with van der Waals surface area (Å²) in [5.74, 6) is 0.950. The Morgan fingerprint density at radius 1 is 0.632 bits per heavy atom. The first kappa shape index (κ1) is 22.8. The number of hydrogen-bond acceptors (Lipinski definition) is 1. The molecule has 5 aromatic rings. The molecule has 0 radical (unpaired) electrons.